The van der Waals surface area contributed by atoms with Crippen molar-refractivity contribution >= 4 is 40.0 Å². The highest BCUT2D eigenvalue weighted by atomic mass is 32.1. The first-order valence-electron chi connectivity index (χ1n) is 10.4. The number of amides is 1. The van der Waals surface area contributed by atoms with Gasteiger partial charge in [-0.3, -0.25) is 9.69 Å². The van der Waals surface area contributed by atoms with Crippen LogP contribution in [0.3, 0.4) is 0 Å². The summed E-state index contributed by atoms with van der Waals surface area (Å²) in [6.45, 7) is 1.89. The number of rotatable bonds is 4. The molecule has 0 aliphatic carbocycles. The summed E-state index contributed by atoms with van der Waals surface area (Å²) in [5, 5.41) is 2.82. The molecular formula is C24H17F4N3O2S2. The van der Waals surface area contributed by atoms with E-state index >= 15 is 0 Å². The van der Waals surface area contributed by atoms with E-state index in [-0.39, 0.29) is 11.3 Å². The molecule has 2 aromatic heterocycles. The smallest absolute Gasteiger partial charge is 0.404 e. The number of benzene rings is 2. The fraction of sp³-hybridized carbons (Fsp3) is 0.167. The molecule has 1 amide bonds. The number of aromatic nitrogens is 1. The minimum Gasteiger partial charge on any atom is -0.404 e. The van der Waals surface area contributed by atoms with Gasteiger partial charge in [0.05, 0.1) is 32.5 Å². The van der Waals surface area contributed by atoms with Crippen molar-refractivity contribution in [1.29, 1.82) is 0 Å². The number of alkyl halides is 3. The molecule has 0 fully saturated rings. The van der Waals surface area contributed by atoms with E-state index in [0.29, 0.717) is 10.6 Å². The summed E-state index contributed by atoms with van der Waals surface area (Å²) in [7, 11) is 1.71. The number of ether oxygens (including phenoxy) is 1. The number of hydrogen-bond acceptors (Lipinski definition) is 6. The maximum absolute atomic E-state index is 14.1. The zero-order chi connectivity index (χ0) is 24.9. The Kier molecular flexibility index (Phi) is 5.76. The van der Waals surface area contributed by atoms with Crippen molar-refractivity contribution < 1.29 is 27.1 Å². The molecule has 0 N–H and O–H groups in total. The number of thiophene rings is 1. The molecule has 2 aromatic carbocycles. The van der Waals surface area contributed by atoms with Gasteiger partial charge in [-0.15, -0.1) is 35.8 Å². The predicted octanol–water partition coefficient (Wildman–Crippen LogP) is 7.01. The summed E-state index contributed by atoms with van der Waals surface area (Å²) in [6.07, 6.45) is -5.77. The van der Waals surface area contributed by atoms with E-state index in [9.17, 15) is 22.4 Å². The Bertz CT molecular complexity index is 1420. The second-order valence-electron chi connectivity index (χ2n) is 7.79. The lowest BCUT2D eigenvalue weighted by Gasteiger charge is -2.43. The van der Waals surface area contributed by atoms with Gasteiger partial charge in [-0.25, -0.2) is 9.37 Å². The van der Waals surface area contributed by atoms with Crippen LogP contribution in [-0.2, 0) is 0 Å². The van der Waals surface area contributed by atoms with Gasteiger partial charge in [-0.1, -0.05) is 12.1 Å². The Morgan fingerprint density at radius 2 is 1.83 bits per heavy atom. The number of carbonyl (C=O) groups is 1. The average Bonchev–Trinajstić information content (AvgIpc) is 3.44. The molecule has 4 aromatic rings. The molecule has 35 heavy (non-hydrogen) atoms. The molecule has 0 saturated heterocycles. The normalized spacial score (nSPS) is 15.9. The van der Waals surface area contributed by atoms with Crippen molar-refractivity contribution in [2.75, 3.05) is 16.8 Å². The van der Waals surface area contributed by atoms with Crippen molar-refractivity contribution in [2.45, 2.75) is 19.5 Å². The lowest BCUT2D eigenvalue weighted by atomic mass is 10.0. The van der Waals surface area contributed by atoms with Gasteiger partial charge in [0.25, 0.3) is 5.91 Å². The molecule has 5 rings (SSSR count). The standard InChI is InChI=1S/C24H17F4N3O2S2/c1-13-29-16(12-34-13)20-9-10-21(35-20)22-30(2)17-8-7-14(25)11-15(17)23(32)31(22)18-5-3-4-6-19(18)33-24(26,27)28/h3-12,22H,1-2H3. The van der Waals surface area contributed by atoms with E-state index in [1.54, 1.807) is 11.9 Å². The van der Waals surface area contributed by atoms with Crippen LogP contribution < -0.4 is 14.5 Å². The lowest BCUT2D eigenvalue weighted by molar-refractivity contribution is -0.274. The van der Waals surface area contributed by atoms with Crippen molar-refractivity contribution in [2.24, 2.45) is 0 Å². The van der Waals surface area contributed by atoms with E-state index in [4.69, 9.17) is 0 Å². The van der Waals surface area contributed by atoms with Crippen molar-refractivity contribution in [3.8, 4) is 16.3 Å². The van der Waals surface area contributed by atoms with Crippen LogP contribution in [0, 0.1) is 12.7 Å². The Hall–Kier alpha value is -3.44. The monoisotopic (exact) mass is 519 g/mol. The summed E-state index contributed by atoms with van der Waals surface area (Å²) < 4.78 is 57.9. The van der Waals surface area contributed by atoms with Gasteiger partial charge in [0.1, 0.15) is 12.0 Å². The number of fused-ring (bicyclic) bond motifs is 1. The number of para-hydroxylation sites is 2. The Balaban J connectivity index is 1.68. The van der Waals surface area contributed by atoms with Gasteiger partial charge in [0, 0.05) is 17.3 Å². The molecular weight excluding hydrogens is 502 g/mol. The molecule has 1 aliphatic rings. The van der Waals surface area contributed by atoms with Crippen LogP contribution in [0.25, 0.3) is 10.6 Å². The first kappa shape index (κ1) is 23.3. The molecule has 0 radical (unpaired) electrons. The first-order valence-corrected chi connectivity index (χ1v) is 12.0. The molecule has 11 heteroatoms. The van der Waals surface area contributed by atoms with Gasteiger partial charge in [0.2, 0.25) is 0 Å². The molecule has 0 spiro atoms. The topological polar surface area (TPSA) is 45.7 Å². The third kappa shape index (κ3) is 4.37. The van der Waals surface area contributed by atoms with E-state index in [2.05, 4.69) is 9.72 Å². The molecule has 0 bridgehead atoms. The van der Waals surface area contributed by atoms with Crippen molar-refractivity contribution in [3.05, 3.63) is 81.2 Å². The van der Waals surface area contributed by atoms with Crippen LogP contribution in [0.2, 0.25) is 0 Å². The minimum atomic E-state index is -4.96. The summed E-state index contributed by atoms with van der Waals surface area (Å²) in [5.74, 6) is -1.79. The maximum Gasteiger partial charge on any atom is 0.573 e. The van der Waals surface area contributed by atoms with Crippen LogP contribution in [0.1, 0.15) is 26.4 Å². The van der Waals surface area contributed by atoms with Gasteiger partial charge in [-0.2, -0.15) is 0 Å². The zero-order valence-electron chi connectivity index (χ0n) is 18.3. The third-order valence-electron chi connectivity index (χ3n) is 5.50. The van der Waals surface area contributed by atoms with Crippen LogP contribution in [-0.4, -0.2) is 24.3 Å². The molecule has 1 atom stereocenters. The van der Waals surface area contributed by atoms with Crippen LogP contribution in [0.4, 0.5) is 28.9 Å². The van der Waals surface area contributed by atoms with E-state index in [1.807, 2.05) is 24.4 Å². The number of aryl methyl sites for hydroxylation is 1. The number of thiazole rings is 1. The highest BCUT2D eigenvalue weighted by molar-refractivity contribution is 7.16. The van der Waals surface area contributed by atoms with Gasteiger partial charge >= 0.3 is 6.36 Å². The number of hydrogen-bond donors (Lipinski definition) is 0. The molecule has 1 unspecified atom stereocenters. The Labute approximate surface area is 205 Å². The number of anilines is 2. The Morgan fingerprint density at radius 1 is 1.06 bits per heavy atom. The lowest BCUT2D eigenvalue weighted by Crippen LogP contribution is -2.48. The fourth-order valence-electron chi connectivity index (χ4n) is 4.07. The Morgan fingerprint density at radius 3 is 2.54 bits per heavy atom. The molecule has 1 aliphatic heterocycles. The second kappa shape index (κ2) is 8.65. The van der Waals surface area contributed by atoms with Gasteiger partial charge in [0.15, 0.2) is 5.75 Å². The largest absolute Gasteiger partial charge is 0.573 e. The maximum atomic E-state index is 14.1. The molecule has 3 heterocycles. The van der Waals surface area contributed by atoms with E-state index in [0.717, 1.165) is 27.7 Å². The number of carbonyl (C=O) groups excluding carboxylic acids is 1. The number of halogens is 4. The van der Waals surface area contributed by atoms with Crippen LogP contribution >= 0.6 is 22.7 Å². The van der Waals surface area contributed by atoms with Gasteiger partial charge < -0.3 is 9.64 Å². The predicted molar refractivity (Wildman–Crippen MR) is 128 cm³/mol. The van der Waals surface area contributed by atoms with Crippen molar-refractivity contribution in [1.82, 2.24) is 4.98 Å². The summed E-state index contributed by atoms with van der Waals surface area (Å²) >= 11 is 2.88. The second-order valence-corrected chi connectivity index (χ2v) is 9.97. The highest BCUT2D eigenvalue weighted by Gasteiger charge is 2.41. The SMILES string of the molecule is Cc1nc(-c2ccc(C3N(C)c4ccc(F)cc4C(=O)N3c3ccccc3OC(F)(F)F)s2)cs1. The van der Waals surface area contributed by atoms with Gasteiger partial charge in [-0.05, 0) is 49.4 Å². The van der Waals surface area contributed by atoms with Crippen LogP contribution in [0.15, 0.2) is 60.0 Å². The quantitative estimate of drug-likeness (QED) is 0.272. The summed E-state index contributed by atoms with van der Waals surface area (Å²) in [6, 6.07) is 12.9. The minimum absolute atomic E-state index is 0.0393. The first-order chi connectivity index (χ1) is 16.6. The molecule has 180 valence electrons. The van der Waals surface area contributed by atoms with E-state index < -0.39 is 30.0 Å². The summed E-state index contributed by atoms with van der Waals surface area (Å²) in [4.78, 5) is 22.7. The average molecular weight is 520 g/mol. The highest BCUT2D eigenvalue weighted by Crippen LogP contribution is 2.46. The van der Waals surface area contributed by atoms with Crippen LogP contribution in [0.5, 0.6) is 5.75 Å². The van der Waals surface area contributed by atoms with E-state index in [1.165, 1.54) is 57.9 Å². The fourth-order valence-corrected chi connectivity index (χ4v) is 5.86. The number of nitrogens with zero attached hydrogens (tertiary/aromatic N) is 3. The molecule has 5 nitrogen and oxygen atoms in total. The molecule has 0 saturated carbocycles. The summed E-state index contributed by atoms with van der Waals surface area (Å²) in [5.41, 5.74) is 1.20. The zero-order valence-corrected chi connectivity index (χ0v) is 20.0. The van der Waals surface area contributed by atoms with Crippen molar-refractivity contribution in [3.63, 3.8) is 0 Å². The third-order valence-corrected chi connectivity index (χ3v) is 7.42.